The Bertz CT molecular complexity index is 687. The third-order valence-corrected chi connectivity index (χ3v) is 8.00. The van der Waals surface area contributed by atoms with E-state index in [4.69, 9.17) is 14.4 Å². The Hall–Kier alpha value is -1.62. The molecule has 1 aliphatic rings. The monoisotopic (exact) mass is 453 g/mol. The lowest BCUT2D eigenvalue weighted by molar-refractivity contribution is -0.162. The number of esters is 1. The van der Waals surface area contributed by atoms with Crippen molar-refractivity contribution >= 4 is 41.9 Å². The molecule has 0 aliphatic carbocycles. The minimum absolute atomic E-state index is 0.0199. The van der Waals surface area contributed by atoms with Crippen LogP contribution in [0.25, 0.3) is 0 Å². The lowest BCUT2D eigenvalue weighted by atomic mass is 9.86. The molecule has 1 aliphatic heterocycles. The highest BCUT2D eigenvalue weighted by Gasteiger charge is 2.41. The number of hydrogen-bond donors (Lipinski definition) is 4. The van der Waals surface area contributed by atoms with Gasteiger partial charge in [0.05, 0.1) is 6.61 Å². The van der Waals surface area contributed by atoms with E-state index >= 15 is 0 Å². The molecule has 1 saturated heterocycles. The van der Waals surface area contributed by atoms with Gasteiger partial charge in [-0.3, -0.25) is 23.7 Å². The van der Waals surface area contributed by atoms with Crippen LogP contribution >= 0.6 is 18.1 Å². The molecule has 1 heterocycles. The fourth-order valence-electron chi connectivity index (χ4n) is 2.30. The predicted octanol–water partition coefficient (Wildman–Crippen LogP) is 0.501. The maximum absolute atomic E-state index is 13.2. The molecule has 1 rings (SSSR count). The first-order valence-electron chi connectivity index (χ1n) is 8.97. The SMILES string of the molecule is CC(=O)O[C@H]1C(=O)NCCC(=O)NCCSP(=O)(N[C@@H](C)C(=O)O)OCC1(C)C. The van der Waals surface area contributed by atoms with E-state index in [1.807, 2.05) is 0 Å². The van der Waals surface area contributed by atoms with E-state index in [2.05, 4.69) is 15.7 Å². The first-order chi connectivity index (χ1) is 13.4. The van der Waals surface area contributed by atoms with Gasteiger partial charge in [-0.25, -0.2) is 5.09 Å². The molecule has 1 fully saturated rings. The van der Waals surface area contributed by atoms with Gasteiger partial charge in [-0.1, -0.05) is 25.2 Å². The molecule has 2 amide bonds. The first-order valence-corrected chi connectivity index (χ1v) is 12.2. The molecule has 0 aromatic rings. The summed E-state index contributed by atoms with van der Waals surface area (Å²) in [5.41, 5.74) is -1.09. The summed E-state index contributed by atoms with van der Waals surface area (Å²) in [6, 6.07) is -1.16. The smallest absolute Gasteiger partial charge is 0.327 e. The number of nitrogens with one attached hydrogen (secondary N) is 3. The molecule has 4 N–H and O–H groups in total. The van der Waals surface area contributed by atoms with Crippen LogP contribution in [0.3, 0.4) is 0 Å². The Labute approximate surface area is 173 Å². The van der Waals surface area contributed by atoms with Gasteiger partial charge in [-0.2, -0.15) is 0 Å². The number of rotatable bonds is 4. The van der Waals surface area contributed by atoms with Crippen molar-refractivity contribution in [1.29, 1.82) is 0 Å². The van der Waals surface area contributed by atoms with Crippen molar-refractivity contribution in [3.8, 4) is 0 Å². The molecule has 0 aromatic carbocycles. The van der Waals surface area contributed by atoms with Crippen molar-refractivity contribution < 1.29 is 38.1 Å². The summed E-state index contributed by atoms with van der Waals surface area (Å²) in [6.45, 7) is 1.93. The number of carboxylic acids is 1. The molecule has 3 atom stereocenters. The van der Waals surface area contributed by atoms with Crippen LogP contribution in [-0.2, 0) is 33.0 Å². The van der Waals surface area contributed by atoms with Crippen molar-refractivity contribution in [2.24, 2.45) is 5.41 Å². The van der Waals surface area contributed by atoms with Crippen LogP contribution in [0.5, 0.6) is 0 Å². The molecule has 0 bridgehead atoms. The number of ether oxygens (including phenoxy) is 1. The minimum atomic E-state index is -3.72. The average Bonchev–Trinajstić information content (AvgIpc) is 2.61. The highest BCUT2D eigenvalue weighted by Crippen LogP contribution is 2.57. The maximum Gasteiger partial charge on any atom is 0.327 e. The largest absolute Gasteiger partial charge is 0.480 e. The van der Waals surface area contributed by atoms with E-state index in [1.165, 1.54) is 6.92 Å². The number of carboxylic acid groups (broad SMARTS) is 1. The van der Waals surface area contributed by atoms with Gasteiger partial charge in [0.25, 0.3) is 5.91 Å². The number of aliphatic carboxylic acids is 1. The highest BCUT2D eigenvalue weighted by molar-refractivity contribution is 8.56. The molecule has 1 unspecified atom stereocenters. The van der Waals surface area contributed by atoms with Crippen molar-refractivity contribution in [2.75, 3.05) is 25.4 Å². The fourth-order valence-corrected chi connectivity index (χ4v) is 6.12. The highest BCUT2D eigenvalue weighted by atomic mass is 32.7. The maximum atomic E-state index is 13.2. The summed E-state index contributed by atoms with van der Waals surface area (Å²) in [5, 5.41) is 16.7. The zero-order valence-electron chi connectivity index (χ0n) is 16.9. The topological polar surface area (TPSA) is 160 Å². The number of amides is 2. The van der Waals surface area contributed by atoms with E-state index in [9.17, 15) is 23.7 Å². The van der Waals surface area contributed by atoms with Crippen molar-refractivity contribution in [2.45, 2.75) is 46.3 Å². The molecular formula is C16H28N3O8PS. The van der Waals surface area contributed by atoms with Gasteiger partial charge in [0.1, 0.15) is 6.04 Å². The van der Waals surface area contributed by atoms with Gasteiger partial charge in [-0.15, -0.1) is 0 Å². The second-order valence-electron chi connectivity index (χ2n) is 7.16. The zero-order valence-corrected chi connectivity index (χ0v) is 18.6. The van der Waals surface area contributed by atoms with E-state index in [0.29, 0.717) is 0 Å². The molecule has 0 spiro atoms. The third kappa shape index (κ3) is 8.73. The van der Waals surface area contributed by atoms with Gasteiger partial charge in [0.15, 0.2) is 6.10 Å². The number of carbonyl (C=O) groups excluding carboxylic acids is 3. The van der Waals surface area contributed by atoms with Gasteiger partial charge >= 0.3 is 18.7 Å². The molecular weight excluding hydrogens is 425 g/mol. The molecule has 166 valence electrons. The summed E-state index contributed by atoms with van der Waals surface area (Å²) in [5.74, 6) is -2.63. The Balaban J connectivity index is 3.12. The summed E-state index contributed by atoms with van der Waals surface area (Å²) in [6.07, 6.45) is -1.24. The first kappa shape index (κ1) is 25.4. The van der Waals surface area contributed by atoms with Gasteiger partial charge < -0.3 is 25.0 Å². The second kappa shape index (κ2) is 11.0. The summed E-state index contributed by atoms with van der Waals surface area (Å²) in [4.78, 5) is 47.0. The molecule has 0 aromatic heterocycles. The number of carbonyl (C=O) groups is 4. The van der Waals surface area contributed by atoms with Gasteiger partial charge in [-0.05, 0) is 6.92 Å². The second-order valence-corrected chi connectivity index (χ2v) is 11.6. The number of hydrogen-bond acceptors (Lipinski definition) is 8. The summed E-state index contributed by atoms with van der Waals surface area (Å²) < 4.78 is 23.9. The van der Waals surface area contributed by atoms with Gasteiger partial charge in [0, 0.05) is 37.6 Å². The Morgan fingerprint density at radius 3 is 2.59 bits per heavy atom. The van der Waals surface area contributed by atoms with Crippen molar-refractivity contribution in [1.82, 2.24) is 15.7 Å². The molecule has 13 heteroatoms. The van der Waals surface area contributed by atoms with Crippen LogP contribution in [-0.4, -0.2) is 66.5 Å². The molecule has 0 saturated carbocycles. The quantitative estimate of drug-likeness (QED) is 0.349. The molecule has 29 heavy (non-hydrogen) atoms. The molecule has 0 radical (unpaired) electrons. The van der Waals surface area contributed by atoms with Crippen LogP contribution in [0.4, 0.5) is 0 Å². The summed E-state index contributed by atoms with van der Waals surface area (Å²) >= 11 is 0.851. The van der Waals surface area contributed by atoms with Crippen LogP contribution < -0.4 is 15.7 Å². The van der Waals surface area contributed by atoms with Crippen molar-refractivity contribution in [3.63, 3.8) is 0 Å². The minimum Gasteiger partial charge on any atom is -0.480 e. The van der Waals surface area contributed by atoms with Gasteiger partial charge in [0.2, 0.25) is 5.91 Å². The molecule has 11 nitrogen and oxygen atoms in total. The third-order valence-electron chi connectivity index (χ3n) is 3.90. The van der Waals surface area contributed by atoms with Crippen LogP contribution in [0.15, 0.2) is 0 Å². The lowest BCUT2D eigenvalue weighted by Gasteiger charge is -2.34. The van der Waals surface area contributed by atoms with E-state index < -0.39 is 42.1 Å². The normalized spacial score (nSPS) is 27.7. The predicted molar refractivity (Wildman–Crippen MR) is 106 cm³/mol. The zero-order chi connectivity index (χ0) is 22.2. The van der Waals surface area contributed by atoms with E-state index in [0.717, 1.165) is 18.3 Å². The average molecular weight is 453 g/mol. The van der Waals surface area contributed by atoms with Crippen LogP contribution in [0.1, 0.15) is 34.1 Å². The van der Waals surface area contributed by atoms with Crippen LogP contribution in [0, 0.1) is 5.41 Å². The summed E-state index contributed by atoms with van der Waals surface area (Å²) in [7, 11) is 0. The van der Waals surface area contributed by atoms with E-state index in [1.54, 1.807) is 13.8 Å². The Morgan fingerprint density at radius 2 is 2.00 bits per heavy atom. The van der Waals surface area contributed by atoms with Crippen molar-refractivity contribution in [3.05, 3.63) is 0 Å². The lowest BCUT2D eigenvalue weighted by Crippen LogP contribution is -2.49. The standard InChI is InChI=1S/C16H28N3O8PS/c1-10(15(23)24)19-28(25)26-9-16(3,4)13(27-11(2)20)14(22)18-6-5-12(21)17-7-8-29-28/h10,13H,5-9H2,1-4H3,(H,17,21)(H,18,22)(H,19,25)(H,23,24)/t10-,13-,28?/m0/s1. The van der Waals surface area contributed by atoms with E-state index in [-0.39, 0.29) is 37.8 Å². The Kier molecular flexibility index (Phi) is 9.60. The Morgan fingerprint density at radius 1 is 1.34 bits per heavy atom. The van der Waals surface area contributed by atoms with Crippen LogP contribution in [0.2, 0.25) is 0 Å². The fraction of sp³-hybridized carbons (Fsp3) is 0.750.